The first-order chi connectivity index (χ1) is 7.34. The Kier molecular flexibility index (Phi) is 3.77. The van der Waals surface area contributed by atoms with E-state index in [1.165, 1.54) is 6.92 Å². The van der Waals surface area contributed by atoms with Gasteiger partial charge in [-0.2, -0.15) is 0 Å². The predicted molar refractivity (Wildman–Crippen MR) is 56.3 cm³/mol. The first kappa shape index (κ1) is 12.8. The van der Waals surface area contributed by atoms with Gasteiger partial charge in [-0.05, 0) is 0 Å². The average Bonchev–Trinajstić information content (AvgIpc) is 2.19. The monoisotopic (exact) mass is 290 g/mol. The molecule has 0 aromatic heterocycles. The number of rotatable bonds is 2. The molecule has 16 heavy (non-hydrogen) atoms. The fourth-order valence-corrected chi connectivity index (χ4v) is 2.16. The van der Waals surface area contributed by atoms with Crippen LogP contribution < -0.4 is 9.83 Å². The summed E-state index contributed by atoms with van der Waals surface area (Å²) in [6.45, 7) is 1.43. The zero-order chi connectivity index (χ0) is 12.3. The van der Waals surface area contributed by atoms with Crippen LogP contribution in [0.25, 0.3) is 0 Å². The third-order valence-electron chi connectivity index (χ3n) is 1.75. The van der Waals surface area contributed by atoms with Gasteiger partial charge < -0.3 is 0 Å². The molecule has 0 aliphatic rings. The van der Waals surface area contributed by atoms with Crippen molar-refractivity contribution < 1.29 is 22.2 Å². The Labute approximate surface area is 94.0 Å². The molecule has 0 aliphatic heterocycles. The Morgan fingerprint density at radius 3 is 2.56 bits per heavy atom. The molecule has 0 saturated carbocycles. The fourth-order valence-electron chi connectivity index (χ4n) is 0.988. The van der Waals surface area contributed by atoms with Gasteiger partial charge in [0.15, 0.2) is 0 Å². The van der Waals surface area contributed by atoms with Crippen molar-refractivity contribution in [2.45, 2.75) is 6.92 Å². The Morgan fingerprint density at radius 1 is 1.44 bits per heavy atom. The summed E-state index contributed by atoms with van der Waals surface area (Å²) >= 11 is -5.00. The predicted octanol–water partition coefficient (Wildman–Crippen LogP) is -1.02. The third kappa shape index (κ3) is 3.11. The van der Waals surface area contributed by atoms with Crippen LogP contribution in [0.5, 0.6) is 5.75 Å². The van der Waals surface area contributed by atoms with E-state index in [9.17, 15) is 8.85 Å². The van der Waals surface area contributed by atoms with Gasteiger partial charge in [-0.15, -0.1) is 0 Å². The van der Waals surface area contributed by atoms with Crippen molar-refractivity contribution in [1.29, 1.82) is 0 Å². The summed E-state index contributed by atoms with van der Waals surface area (Å²) in [4.78, 5) is 3.72. The number of amidine groups is 1. The second-order valence-corrected chi connectivity index (χ2v) is 6.39. The maximum atomic E-state index is 11.0. The summed E-state index contributed by atoms with van der Waals surface area (Å²) in [7, 11) is 0. The van der Waals surface area contributed by atoms with E-state index in [-0.39, 0.29) is 21.6 Å². The number of nitrogens with one attached hydrogen (secondary N) is 1. The van der Waals surface area contributed by atoms with Gasteiger partial charge in [-0.3, -0.25) is 0 Å². The van der Waals surface area contributed by atoms with Crippen LogP contribution in [0.15, 0.2) is 23.2 Å². The summed E-state index contributed by atoms with van der Waals surface area (Å²) < 4.78 is 28.8. The molecule has 7 nitrogen and oxygen atoms in total. The molecule has 0 amide bonds. The summed E-state index contributed by atoms with van der Waals surface area (Å²) in [5, 5.41) is 17.9. The first-order valence-corrected chi connectivity index (χ1v) is 7.57. The van der Waals surface area contributed by atoms with Crippen molar-refractivity contribution in [2.24, 2.45) is 4.99 Å². The quantitative estimate of drug-likeness (QED) is 0.206. The Hall–Kier alpha value is -1.27. The van der Waals surface area contributed by atoms with E-state index < -0.39 is 14.2 Å². The first-order valence-electron chi connectivity index (χ1n) is 4.19. The van der Waals surface area contributed by atoms with Gasteiger partial charge in [0.1, 0.15) is 0 Å². The van der Waals surface area contributed by atoms with Crippen LogP contribution in [-0.2, 0) is 3.74 Å². The molecule has 0 spiro atoms. The van der Waals surface area contributed by atoms with Gasteiger partial charge in [0.2, 0.25) is 0 Å². The fraction of sp³-hybridized carbons (Fsp3) is 0.125. The second-order valence-electron chi connectivity index (χ2n) is 3.03. The van der Waals surface area contributed by atoms with E-state index in [1.807, 2.05) is 0 Å². The van der Waals surface area contributed by atoms with Crippen LogP contribution in [-0.4, -0.2) is 38.5 Å². The second kappa shape index (κ2) is 4.71. The molecule has 0 saturated heterocycles. The van der Waals surface area contributed by atoms with Crippen molar-refractivity contribution in [3.63, 3.8) is 0 Å². The van der Waals surface area contributed by atoms with E-state index in [2.05, 4.69) is 4.99 Å². The standard InChI is InChI=1S/C8H11AsN2O5/c1-5(11-16)10-7-4-6(9(13,14)15)2-3-8(7)12/h2-4,12,16H,1H3,(H,10,11)(H2,13,14,15). The number of phenolic OH excluding ortho intramolecular Hbond substituents is 1. The Balaban J connectivity index is 3.25. The van der Waals surface area contributed by atoms with E-state index in [4.69, 9.17) is 13.4 Å². The number of nitrogens with zero attached hydrogens (tertiary/aromatic N) is 1. The van der Waals surface area contributed by atoms with E-state index in [0.29, 0.717) is 0 Å². The molecule has 88 valence electrons. The normalized spacial score (nSPS) is 12.6. The van der Waals surface area contributed by atoms with Gasteiger partial charge in [-0.25, -0.2) is 0 Å². The van der Waals surface area contributed by atoms with Crippen molar-refractivity contribution in [2.75, 3.05) is 0 Å². The summed E-state index contributed by atoms with van der Waals surface area (Å²) in [6.07, 6.45) is 0. The van der Waals surface area contributed by atoms with Gasteiger partial charge in [0, 0.05) is 0 Å². The maximum absolute atomic E-state index is 11.0. The van der Waals surface area contributed by atoms with Gasteiger partial charge >= 0.3 is 93.6 Å². The van der Waals surface area contributed by atoms with Crippen molar-refractivity contribution in [3.8, 4) is 5.75 Å². The molecule has 0 unspecified atom stereocenters. The molecule has 1 rings (SSSR count). The third-order valence-corrected chi connectivity index (χ3v) is 3.74. The summed E-state index contributed by atoms with van der Waals surface area (Å²) in [5.74, 6) is -0.146. The zero-order valence-corrected chi connectivity index (χ0v) is 10.2. The molecule has 1 aromatic rings. The number of hydroxylamine groups is 1. The zero-order valence-electron chi connectivity index (χ0n) is 8.32. The molecule has 0 heterocycles. The molecule has 0 aliphatic carbocycles. The van der Waals surface area contributed by atoms with Gasteiger partial charge in [0.05, 0.1) is 0 Å². The van der Waals surface area contributed by atoms with E-state index in [0.717, 1.165) is 18.2 Å². The topological polar surface area (TPSA) is 122 Å². The molecule has 0 bridgehead atoms. The molecule has 0 fully saturated rings. The minimum absolute atomic E-state index is 0.0266. The van der Waals surface area contributed by atoms with Crippen LogP contribution in [0.3, 0.4) is 0 Å². The minimum atomic E-state index is -5.00. The van der Waals surface area contributed by atoms with Crippen LogP contribution >= 0.6 is 0 Å². The SMILES string of the molecule is CC(=Nc1cc([As](=O)(O)O)ccc1O)NO. The van der Waals surface area contributed by atoms with E-state index in [1.54, 1.807) is 5.48 Å². The van der Waals surface area contributed by atoms with E-state index >= 15 is 0 Å². The summed E-state index contributed by atoms with van der Waals surface area (Å²) in [6, 6.07) is 3.35. The number of hydrogen-bond donors (Lipinski definition) is 5. The molecular formula is C8H11AsN2O5. The number of benzene rings is 1. The average molecular weight is 290 g/mol. The van der Waals surface area contributed by atoms with Crippen LogP contribution in [0.1, 0.15) is 6.92 Å². The number of aliphatic imine (C=N–C) groups is 1. The molecule has 0 atom stereocenters. The number of phenols is 1. The Bertz CT molecular complexity index is 467. The van der Waals surface area contributed by atoms with Crippen molar-refractivity contribution in [3.05, 3.63) is 18.2 Å². The molecule has 1 aromatic carbocycles. The molecule has 0 radical (unpaired) electrons. The number of hydrogen-bond acceptors (Lipinski definition) is 4. The summed E-state index contributed by atoms with van der Waals surface area (Å²) in [5.41, 5.74) is 1.72. The molecular weight excluding hydrogens is 279 g/mol. The van der Waals surface area contributed by atoms with Crippen molar-refractivity contribution >= 4 is 30.0 Å². The van der Waals surface area contributed by atoms with Crippen LogP contribution in [0, 0.1) is 0 Å². The number of aromatic hydroxyl groups is 1. The van der Waals surface area contributed by atoms with Crippen molar-refractivity contribution in [1.82, 2.24) is 5.48 Å². The van der Waals surface area contributed by atoms with Crippen LogP contribution in [0.2, 0.25) is 0 Å². The van der Waals surface area contributed by atoms with Crippen LogP contribution in [0.4, 0.5) is 5.69 Å². The Morgan fingerprint density at radius 2 is 2.06 bits per heavy atom. The molecule has 8 heteroatoms. The van der Waals surface area contributed by atoms with Gasteiger partial charge in [0.25, 0.3) is 0 Å². The van der Waals surface area contributed by atoms with Gasteiger partial charge in [-0.1, -0.05) is 0 Å². The molecule has 5 N–H and O–H groups in total.